The predicted octanol–water partition coefficient (Wildman–Crippen LogP) is 2.38. The molecular formula is C15H17FN4O. The molecule has 1 aromatic carbocycles. The van der Waals surface area contributed by atoms with Crippen LogP contribution in [0.5, 0.6) is 0 Å². The third-order valence-corrected chi connectivity index (χ3v) is 2.97. The third kappa shape index (κ3) is 3.75. The van der Waals surface area contributed by atoms with Crippen LogP contribution in [-0.4, -0.2) is 15.9 Å². The SMILES string of the molecule is CC(C)c1nccc(NC(C(N)=O)c2ccc(F)cc2)n1. The number of nitrogens with one attached hydrogen (secondary N) is 1. The molecule has 0 radical (unpaired) electrons. The van der Waals surface area contributed by atoms with Gasteiger partial charge in [0.15, 0.2) is 0 Å². The van der Waals surface area contributed by atoms with E-state index in [9.17, 15) is 9.18 Å². The minimum atomic E-state index is -0.777. The maximum absolute atomic E-state index is 13.0. The van der Waals surface area contributed by atoms with Crippen molar-refractivity contribution in [2.24, 2.45) is 5.73 Å². The Labute approximate surface area is 122 Å². The van der Waals surface area contributed by atoms with Crippen molar-refractivity contribution in [2.45, 2.75) is 25.8 Å². The lowest BCUT2D eigenvalue weighted by molar-refractivity contribution is -0.118. The van der Waals surface area contributed by atoms with Gasteiger partial charge < -0.3 is 11.1 Å². The zero-order valence-electron chi connectivity index (χ0n) is 11.9. The second-order valence-electron chi connectivity index (χ2n) is 4.99. The van der Waals surface area contributed by atoms with E-state index in [0.717, 1.165) is 0 Å². The van der Waals surface area contributed by atoms with Crippen molar-refractivity contribution in [1.82, 2.24) is 9.97 Å². The summed E-state index contributed by atoms with van der Waals surface area (Å²) in [6.45, 7) is 3.95. The van der Waals surface area contributed by atoms with Gasteiger partial charge in [-0.15, -0.1) is 0 Å². The first kappa shape index (κ1) is 14.9. The first-order chi connectivity index (χ1) is 9.97. The van der Waals surface area contributed by atoms with E-state index < -0.39 is 11.9 Å². The van der Waals surface area contributed by atoms with Gasteiger partial charge in [0.1, 0.15) is 23.5 Å². The van der Waals surface area contributed by atoms with Crippen molar-refractivity contribution in [3.8, 4) is 0 Å². The van der Waals surface area contributed by atoms with Crippen LogP contribution in [0.2, 0.25) is 0 Å². The van der Waals surface area contributed by atoms with E-state index in [0.29, 0.717) is 17.2 Å². The van der Waals surface area contributed by atoms with Crippen molar-refractivity contribution in [3.63, 3.8) is 0 Å². The number of benzene rings is 1. The lowest BCUT2D eigenvalue weighted by Gasteiger charge is -2.17. The number of halogens is 1. The molecule has 6 heteroatoms. The number of hydrogen-bond donors (Lipinski definition) is 2. The molecule has 1 unspecified atom stereocenters. The molecule has 1 heterocycles. The van der Waals surface area contributed by atoms with Gasteiger partial charge in [-0.2, -0.15) is 0 Å². The Hall–Kier alpha value is -2.50. The lowest BCUT2D eigenvalue weighted by Crippen LogP contribution is -2.28. The minimum Gasteiger partial charge on any atom is -0.368 e. The fraction of sp³-hybridized carbons (Fsp3) is 0.267. The van der Waals surface area contributed by atoms with E-state index in [-0.39, 0.29) is 11.7 Å². The normalized spacial score (nSPS) is 12.2. The molecule has 1 atom stereocenters. The Bertz CT molecular complexity index is 628. The number of carbonyl (C=O) groups excluding carboxylic acids is 1. The quantitative estimate of drug-likeness (QED) is 0.885. The summed E-state index contributed by atoms with van der Waals surface area (Å²) in [5.74, 6) is 0.408. The Balaban J connectivity index is 2.26. The molecule has 2 rings (SSSR count). The molecule has 0 saturated carbocycles. The molecule has 0 bridgehead atoms. The highest BCUT2D eigenvalue weighted by Gasteiger charge is 2.18. The number of carbonyl (C=O) groups is 1. The van der Waals surface area contributed by atoms with Crippen LogP contribution in [0, 0.1) is 5.82 Å². The first-order valence-corrected chi connectivity index (χ1v) is 6.61. The smallest absolute Gasteiger partial charge is 0.244 e. The number of nitrogens with two attached hydrogens (primary N) is 1. The maximum Gasteiger partial charge on any atom is 0.244 e. The fourth-order valence-corrected chi connectivity index (χ4v) is 1.85. The van der Waals surface area contributed by atoms with Gasteiger partial charge in [0.2, 0.25) is 5.91 Å². The highest BCUT2D eigenvalue weighted by Crippen LogP contribution is 2.19. The van der Waals surface area contributed by atoms with Crippen LogP contribution in [0.3, 0.4) is 0 Å². The van der Waals surface area contributed by atoms with Crippen molar-refractivity contribution >= 4 is 11.7 Å². The van der Waals surface area contributed by atoms with Crippen LogP contribution in [0.1, 0.15) is 37.2 Å². The molecule has 0 aliphatic carbocycles. The van der Waals surface area contributed by atoms with Gasteiger partial charge in [0.05, 0.1) is 0 Å². The number of nitrogens with zero attached hydrogens (tertiary/aromatic N) is 2. The summed E-state index contributed by atoms with van der Waals surface area (Å²) in [5.41, 5.74) is 5.99. The van der Waals surface area contributed by atoms with Gasteiger partial charge in [0.25, 0.3) is 0 Å². The summed E-state index contributed by atoms with van der Waals surface area (Å²) < 4.78 is 13.0. The van der Waals surface area contributed by atoms with E-state index in [2.05, 4.69) is 15.3 Å². The van der Waals surface area contributed by atoms with E-state index in [1.54, 1.807) is 12.3 Å². The highest BCUT2D eigenvalue weighted by molar-refractivity contribution is 5.84. The van der Waals surface area contributed by atoms with Gasteiger partial charge in [-0.25, -0.2) is 14.4 Å². The molecule has 21 heavy (non-hydrogen) atoms. The van der Waals surface area contributed by atoms with Crippen molar-refractivity contribution in [3.05, 3.63) is 53.7 Å². The van der Waals surface area contributed by atoms with E-state index in [4.69, 9.17) is 5.73 Å². The van der Waals surface area contributed by atoms with Crippen LogP contribution in [0.25, 0.3) is 0 Å². The number of hydrogen-bond acceptors (Lipinski definition) is 4. The Morgan fingerprint density at radius 2 is 1.90 bits per heavy atom. The molecule has 0 fully saturated rings. The van der Waals surface area contributed by atoms with E-state index in [1.807, 2.05) is 13.8 Å². The molecule has 110 valence electrons. The topological polar surface area (TPSA) is 80.9 Å². The number of amides is 1. The van der Waals surface area contributed by atoms with Crippen LogP contribution in [0.15, 0.2) is 36.5 Å². The molecular weight excluding hydrogens is 271 g/mol. The zero-order chi connectivity index (χ0) is 15.4. The van der Waals surface area contributed by atoms with Gasteiger partial charge in [-0.1, -0.05) is 26.0 Å². The summed E-state index contributed by atoms with van der Waals surface area (Å²) >= 11 is 0. The number of anilines is 1. The monoisotopic (exact) mass is 288 g/mol. The highest BCUT2D eigenvalue weighted by atomic mass is 19.1. The zero-order valence-corrected chi connectivity index (χ0v) is 11.9. The molecule has 5 nitrogen and oxygen atoms in total. The lowest BCUT2D eigenvalue weighted by atomic mass is 10.1. The van der Waals surface area contributed by atoms with Crippen LogP contribution < -0.4 is 11.1 Å². The van der Waals surface area contributed by atoms with Crippen molar-refractivity contribution in [2.75, 3.05) is 5.32 Å². The molecule has 3 N–H and O–H groups in total. The van der Waals surface area contributed by atoms with Gasteiger partial charge >= 0.3 is 0 Å². The maximum atomic E-state index is 13.0. The molecule has 0 aliphatic heterocycles. The van der Waals surface area contributed by atoms with Crippen LogP contribution >= 0.6 is 0 Å². The van der Waals surface area contributed by atoms with Crippen LogP contribution in [0.4, 0.5) is 10.2 Å². The largest absolute Gasteiger partial charge is 0.368 e. The van der Waals surface area contributed by atoms with E-state index in [1.165, 1.54) is 24.3 Å². The molecule has 0 saturated heterocycles. The Morgan fingerprint density at radius 1 is 1.24 bits per heavy atom. The Morgan fingerprint density at radius 3 is 2.48 bits per heavy atom. The average Bonchev–Trinajstić information content (AvgIpc) is 2.46. The van der Waals surface area contributed by atoms with E-state index >= 15 is 0 Å². The van der Waals surface area contributed by atoms with Crippen molar-refractivity contribution < 1.29 is 9.18 Å². The third-order valence-electron chi connectivity index (χ3n) is 2.97. The molecule has 1 amide bonds. The van der Waals surface area contributed by atoms with Gasteiger partial charge in [-0.05, 0) is 23.8 Å². The summed E-state index contributed by atoms with van der Waals surface area (Å²) in [7, 11) is 0. The second kappa shape index (κ2) is 6.30. The number of primary amides is 1. The molecule has 2 aromatic rings. The second-order valence-corrected chi connectivity index (χ2v) is 4.99. The number of rotatable bonds is 5. The minimum absolute atomic E-state index is 0.171. The summed E-state index contributed by atoms with van der Waals surface area (Å²) in [6.07, 6.45) is 1.62. The number of aromatic nitrogens is 2. The summed E-state index contributed by atoms with van der Waals surface area (Å²) in [6, 6.07) is 6.48. The van der Waals surface area contributed by atoms with Crippen LogP contribution in [-0.2, 0) is 4.79 Å². The fourth-order valence-electron chi connectivity index (χ4n) is 1.85. The van der Waals surface area contributed by atoms with Gasteiger partial charge in [-0.3, -0.25) is 4.79 Å². The summed E-state index contributed by atoms with van der Waals surface area (Å²) in [4.78, 5) is 20.1. The molecule has 1 aromatic heterocycles. The summed E-state index contributed by atoms with van der Waals surface area (Å²) in [5, 5.41) is 2.96. The molecule has 0 spiro atoms. The standard InChI is InChI=1S/C15H17FN4O/c1-9(2)15-18-8-7-12(20-15)19-13(14(17)21)10-3-5-11(16)6-4-10/h3-9,13H,1-2H3,(H2,17,21)(H,18,19,20). The average molecular weight is 288 g/mol. The molecule has 0 aliphatic rings. The first-order valence-electron chi connectivity index (χ1n) is 6.61. The van der Waals surface area contributed by atoms with Gasteiger partial charge in [0, 0.05) is 12.1 Å². The van der Waals surface area contributed by atoms with Crippen molar-refractivity contribution in [1.29, 1.82) is 0 Å². The predicted molar refractivity (Wildman–Crippen MR) is 78.1 cm³/mol. The Kier molecular flexibility index (Phi) is 4.47.